The highest BCUT2D eigenvalue weighted by Crippen LogP contribution is 2.43. The van der Waals surface area contributed by atoms with Crippen molar-refractivity contribution in [2.45, 2.75) is 95.2 Å². The molecule has 4 fully saturated rings. The SMILES string of the molecule is N#CC1CCC(C#CC2CCC(C#CC3CCC(C4CC(F)C(C#N)C(F)C4)CC3)CN2)CC1F. The van der Waals surface area contributed by atoms with Gasteiger partial charge >= 0.3 is 0 Å². The second-order valence-electron chi connectivity index (χ2n) is 11.1. The molecule has 35 heavy (non-hydrogen) atoms. The normalized spacial score (nSPS) is 43.9. The Bertz CT molecular complexity index is 903. The van der Waals surface area contributed by atoms with Crippen LogP contribution in [0, 0.1) is 87.8 Å². The molecule has 4 aliphatic rings. The van der Waals surface area contributed by atoms with Gasteiger partial charge in [-0.05, 0) is 82.5 Å². The summed E-state index contributed by atoms with van der Waals surface area (Å²) in [7, 11) is 0. The average molecular weight is 484 g/mol. The standard InChI is InChI=1S/C29H36F3N3/c30-27-13-20(5-10-23(27)16-33)6-11-25-12-7-21(18-35-25)2-1-19-3-8-22(9-4-19)24-14-28(31)26(17-34)29(32)15-24/h19-29,35H,3-5,7-10,12-15,18H2. The molecule has 3 nitrogen and oxygen atoms in total. The van der Waals surface area contributed by atoms with Crippen LogP contribution in [-0.4, -0.2) is 31.1 Å². The molecule has 1 N–H and O–H groups in total. The summed E-state index contributed by atoms with van der Waals surface area (Å²) in [5.74, 6) is 13.0. The van der Waals surface area contributed by atoms with Gasteiger partial charge in [-0.15, -0.1) is 0 Å². The zero-order valence-corrected chi connectivity index (χ0v) is 20.4. The maximum atomic E-state index is 14.2. The molecule has 4 rings (SSSR count). The molecule has 0 spiro atoms. The summed E-state index contributed by atoms with van der Waals surface area (Å²) in [6.07, 6.45) is 4.56. The summed E-state index contributed by atoms with van der Waals surface area (Å²) in [4.78, 5) is 0. The van der Waals surface area contributed by atoms with E-state index in [1.165, 1.54) is 0 Å². The average Bonchev–Trinajstić information content (AvgIpc) is 2.87. The van der Waals surface area contributed by atoms with Crippen LogP contribution in [0.1, 0.15) is 70.6 Å². The van der Waals surface area contributed by atoms with Crippen LogP contribution in [-0.2, 0) is 0 Å². The quantitative estimate of drug-likeness (QED) is 0.489. The van der Waals surface area contributed by atoms with Crippen molar-refractivity contribution in [3.05, 3.63) is 0 Å². The van der Waals surface area contributed by atoms with Crippen LogP contribution < -0.4 is 5.32 Å². The third kappa shape index (κ3) is 6.75. The highest BCUT2D eigenvalue weighted by Gasteiger charge is 2.42. The van der Waals surface area contributed by atoms with Gasteiger partial charge in [-0.1, -0.05) is 23.7 Å². The van der Waals surface area contributed by atoms with E-state index in [1.54, 1.807) is 0 Å². The fourth-order valence-electron chi connectivity index (χ4n) is 6.43. The number of nitrogens with zero attached hydrogens (tertiary/aromatic N) is 2. The largest absolute Gasteiger partial charge is 0.302 e. The Labute approximate surface area is 208 Å². The number of hydrogen-bond donors (Lipinski definition) is 1. The maximum Gasteiger partial charge on any atom is 0.119 e. The van der Waals surface area contributed by atoms with Crippen molar-refractivity contribution in [1.82, 2.24) is 5.32 Å². The predicted molar refractivity (Wildman–Crippen MR) is 128 cm³/mol. The van der Waals surface area contributed by atoms with Crippen molar-refractivity contribution in [3.8, 4) is 35.8 Å². The minimum absolute atomic E-state index is 0.0521. The number of nitrogens with one attached hydrogen (secondary N) is 1. The first-order valence-corrected chi connectivity index (χ1v) is 13.4. The molecule has 0 aromatic rings. The van der Waals surface area contributed by atoms with Crippen LogP contribution in [0.15, 0.2) is 0 Å². The van der Waals surface area contributed by atoms with Crippen molar-refractivity contribution in [2.75, 3.05) is 6.54 Å². The number of rotatable bonds is 1. The monoisotopic (exact) mass is 483 g/mol. The van der Waals surface area contributed by atoms with Crippen LogP contribution in [0.5, 0.6) is 0 Å². The Balaban J connectivity index is 1.17. The molecule has 3 aliphatic carbocycles. The van der Waals surface area contributed by atoms with Crippen molar-refractivity contribution >= 4 is 0 Å². The first-order valence-electron chi connectivity index (χ1n) is 13.4. The predicted octanol–water partition coefficient (Wildman–Crippen LogP) is 5.67. The lowest BCUT2D eigenvalue weighted by molar-refractivity contribution is 0.0401. The Kier molecular flexibility index (Phi) is 9.04. The first-order chi connectivity index (χ1) is 17.0. The number of alkyl halides is 3. The second-order valence-corrected chi connectivity index (χ2v) is 11.1. The minimum atomic E-state index is -1.34. The van der Waals surface area contributed by atoms with E-state index in [1.807, 2.05) is 6.07 Å². The van der Waals surface area contributed by atoms with Gasteiger partial charge in [0.15, 0.2) is 0 Å². The lowest BCUT2D eigenvalue weighted by Crippen LogP contribution is -2.38. The molecule has 7 atom stereocenters. The highest BCUT2D eigenvalue weighted by atomic mass is 19.1. The van der Waals surface area contributed by atoms with E-state index in [2.05, 4.69) is 35.1 Å². The van der Waals surface area contributed by atoms with E-state index in [9.17, 15) is 13.2 Å². The number of halogens is 3. The Morgan fingerprint density at radius 1 is 0.571 bits per heavy atom. The van der Waals surface area contributed by atoms with Crippen molar-refractivity contribution in [2.24, 2.45) is 41.4 Å². The zero-order valence-electron chi connectivity index (χ0n) is 20.4. The Hall–Kier alpha value is -2.15. The van der Waals surface area contributed by atoms with Gasteiger partial charge in [0.25, 0.3) is 0 Å². The van der Waals surface area contributed by atoms with Crippen LogP contribution in [0.2, 0.25) is 0 Å². The molecule has 1 saturated heterocycles. The van der Waals surface area contributed by atoms with Gasteiger partial charge in [0.05, 0.1) is 24.1 Å². The molecular formula is C29H36F3N3. The third-order valence-corrected chi connectivity index (χ3v) is 8.73. The van der Waals surface area contributed by atoms with E-state index >= 15 is 0 Å². The molecule has 7 unspecified atom stereocenters. The van der Waals surface area contributed by atoms with E-state index < -0.39 is 30.4 Å². The molecule has 1 aliphatic heterocycles. The van der Waals surface area contributed by atoms with Crippen molar-refractivity contribution < 1.29 is 13.2 Å². The van der Waals surface area contributed by atoms with Crippen LogP contribution in [0.3, 0.4) is 0 Å². The first kappa shape index (κ1) is 25.9. The fourth-order valence-corrected chi connectivity index (χ4v) is 6.43. The Morgan fingerprint density at radius 3 is 1.80 bits per heavy atom. The van der Waals surface area contributed by atoms with Crippen LogP contribution in [0.25, 0.3) is 0 Å². The molecule has 1 heterocycles. The van der Waals surface area contributed by atoms with Gasteiger partial charge in [-0.25, -0.2) is 13.2 Å². The van der Waals surface area contributed by atoms with Gasteiger partial charge in [-0.3, -0.25) is 0 Å². The lowest BCUT2D eigenvalue weighted by Gasteiger charge is -2.38. The van der Waals surface area contributed by atoms with Gasteiger partial charge in [0.2, 0.25) is 0 Å². The van der Waals surface area contributed by atoms with Crippen molar-refractivity contribution in [1.29, 1.82) is 10.5 Å². The van der Waals surface area contributed by atoms with Crippen LogP contribution in [0.4, 0.5) is 13.2 Å². The van der Waals surface area contributed by atoms with E-state index in [4.69, 9.17) is 10.5 Å². The fraction of sp³-hybridized carbons (Fsp3) is 0.793. The zero-order chi connectivity index (χ0) is 24.8. The number of nitriles is 2. The summed E-state index contributed by atoms with van der Waals surface area (Å²) in [5.41, 5.74) is 0. The molecule has 0 bridgehead atoms. The van der Waals surface area contributed by atoms with E-state index in [0.29, 0.717) is 43.4 Å². The molecule has 188 valence electrons. The summed E-state index contributed by atoms with van der Waals surface area (Å²) in [6.45, 7) is 0.812. The van der Waals surface area contributed by atoms with Gasteiger partial charge < -0.3 is 5.32 Å². The molecule has 6 heteroatoms. The molecule has 0 radical (unpaired) electrons. The number of piperidine rings is 1. The molecule has 0 aromatic carbocycles. The molecular weight excluding hydrogens is 447 g/mol. The molecule has 0 amide bonds. The summed E-state index contributed by atoms with van der Waals surface area (Å²) < 4.78 is 42.4. The maximum absolute atomic E-state index is 14.2. The molecule has 3 saturated carbocycles. The minimum Gasteiger partial charge on any atom is -0.302 e. The van der Waals surface area contributed by atoms with E-state index in [0.717, 1.165) is 51.5 Å². The highest BCUT2D eigenvalue weighted by molar-refractivity contribution is 5.16. The lowest BCUT2D eigenvalue weighted by atomic mass is 9.68. The van der Waals surface area contributed by atoms with Crippen LogP contribution >= 0.6 is 0 Å². The van der Waals surface area contributed by atoms with Gasteiger partial charge in [0, 0.05) is 24.3 Å². The van der Waals surface area contributed by atoms with Gasteiger partial charge in [0.1, 0.15) is 24.4 Å². The van der Waals surface area contributed by atoms with Crippen molar-refractivity contribution in [3.63, 3.8) is 0 Å². The summed E-state index contributed by atoms with van der Waals surface area (Å²) in [6, 6.07) is 4.00. The summed E-state index contributed by atoms with van der Waals surface area (Å²) >= 11 is 0. The topological polar surface area (TPSA) is 59.6 Å². The Morgan fingerprint density at radius 2 is 1.20 bits per heavy atom. The van der Waals surface area contributed by atoms with E-state index in [-0.39, 0.29) is 17.9 Å². The van der Waals surface area contributed by atoms with Gasteiger partial charge in [-0.2, -0.15) is 10.5 Å². The molecule has 0 aromatic heterocycles. The summed E-state index contributed by atoms with van der Waals surface area (Å²) in [5, 5.41) is 21.4. The third-order valence-electron chi connectivity index (χ3n) is 8.73. The number of hydrogen-bond acceptors (Lipinski definition) is 3. The smallest absolute Gasteiger partial charge is 0.119 e. The second kappa shape index (κ2) is 12.2.